The molecular formula is C21H26N2O2S. The highest BCUT2D eigenvalue weighted by atomic mass is 32.2. The molecule has 0 aromatic heterocycles. The number of anilines is 1. The number of hydrogen-bond acceptors (Lipinski definition) is 3. The van der Waals surface area contributed by atoms with Crippen LogP contribution in [-0.2, 0) is 9.59 Å². The zero-order valence-electron chi connectivity index (χ0n) is 15.5. The molecule has 26 heavy (non-hydrogen) atoms. The number of nitrogens with one attached hydrogen (secondary N) is 2. The molecule has 0 saturated heterocycles. The number of benzene rings is 2. The summed E-state index contributed by atoms with van der Waals surface area (Å²) in [7, 11) is 0. The van der Waals surface area contributed by atoms with E-state index in [1.807, 2.05) is 49.4 Å². The van der Waals surface area contributed by atoms with Crippen LogP contribution in [-0.4, -0.2) is 17.1 Å². The van der Waals surface area contributed by atoms with Crippen LogP contribution in [0, 0.1) is 0 Å². The van der Waals surface area contributed by atoms with E-state index in [4.69, 9.17) is 0 Å². The van der Waals surface area contributed by atoms with Gasteiger partial charge in [0.05, 0.1) is 11.3 Å². The second-order valence-electron chi connectivity index (χ2n) is 6.23. The Morgan fingerprint density at radius 2 is 1.69 bits per heavy atom. The van der Waals surface area contributed by atoms with Crippen molar-refractivity contribution in [2.24, 2.45) is 0 Å². The lowest BCUT2D eigenvalue weighted by molar-refractivity contribution is -0.121. The summed E-state index contributed by atoms with van der Waals surface area (Å²) in [5.41, 5.74) is 1.89. The summed E-state index contributed by atoms with van der Waals surface area (Å²) in [5.74, 6) is -0.0655. The van der Waals surface area contributed by atoms with Gasteiger partial charge in [0.15, 0.2) is 0 Å². The summed E-state index contributed by atoms with van der Waals surface area (Å²) < 4.78 is 0. The lowest BCUT2D eigenvalue weighted by Gasteiger charge is -2.21. The van der Waals surface area contributed by atoms with E-state index in [2.05, 4.69) is 29.7 Å². The minimum absolute atomic E-state index is 0.0308. The molecule has 2 rings (SSSR count). The molecule has 2 amide bonds. The summed E-state index contributed by atoms with van der Waals surface area (Å²) in [6.07, 6.45) is 1.92. The van der Waals surface area contributed by atoms with Gasteiger partial charge in [0.1, 0.15) is 0 Å². The molecule has 5 heteroatoms. The highest BCUT2D eigenvalue weighted by molar-refractivity contribution is 8.00. The first-order valence-electron chi connectivity index (χ1n) is 8.89. The predicted molar refractivity (Wildman–Crippen MR) is 108 cm³/mol. The SMILES string of the molecule is CCC[C@H](NC(=O)[C@@H](C)Sc1ccc(NC(C)=O)cc1)c1ccccc1. The van der Waals surface area contributed by atoms with Crippen molar-refractivity contribution in [3.8, 4) is 0 Å². The van der Waals surface area contributed by atoms with E-state index in [9.17, 15) is 9.59 Å². The van der Waals surface area contributed by atoms with Gasteiger partial charge in [-0.15, -0.1) is 11.8 Å². The minimum atomic E-state index is -0.204. The molecule has 0 aliphatic carbocycles. The quantitative estimate of drug-likeness (QED) is 0.657. The normalized spacial score (nSPS) is 12.9. The van der Waals surface area contributed by atoms with Gasteiger partial charge in [0.2, 0.25) is 11.8 Å². The van der Waals surface area contributed by atoms with Crippen molar-refractivity contribution in [3.05, 3.63) is 60.2 Å². The molecule has 138 valence electrons. The van der Waals surface area contributed by atoms with Crippen LogP contribution in [0.2, 0.25) is 0 Å². The molecule has 2 aromatic carbocycles. The largest absolute Gasteiger partial charge is 0.348 e. The second kappa shape index (κ2) is 10.0. The highest BCUT2D eigenvalue weighted by Crippen LogP contribution is 2.26. The fourth-order valence-electron chi connectivity index (χ4n) is 2.66. The van der Waals surface area contributed by atoms with Gasteiger partial charge >= 0.3 is 0 Å². The maximum Gasteiger partial charge on any atom is 0.233 e. The smallest absolute Gasteiger partial charge is 0.233 e. The first-order chi connectivity index (χ1) is 12.5. The Morgan fingerprint density at radius 3 is 2.27 bits per heavy atom. The zero-order valence-corrected chi connectivity index (χ0v) is 16.3. The molecule has 0 fully saturated rings. The third-order valence-corrected chi connectivity index (χ3v) is 5.06. The molecule has 2 atom stereocenters. The van der Waals surface area contributed by atoms with Crippen LogP contribution in [0.5, 0.6) is 0 Å². The van der Waals surface area contributed by atoms with Crippen LogP contribution in [0.1, 0.15) is 45.2 Å². The summed E-state index contributed by atoms with van der Waals surface area (Å²) in [5, 5.41) is 5.71. The molecule has 0 spiro atoms. The van der Waals surface area contributed by atoms with Gasteiger partial charge in [-0.25, -0.2) is 0 Å². The van der Waals surface area contributed by atoms with E-state index in [0.29, 0.717) is 0 Å². The Kier molecular flexibility index (Phi) is 7.73. The maximum absolute atomic E-state index is 12.6. The van der Waals surface area contributed by atoms with Crippen molar-refractivity contribution in [2.45, 2.75) is 49.8 Å². The third kappa shape index (κ3) is 6.23. The van der Waals surface area contributed by atoms with Gasteiger partial charge < -0.3 is 10.6 Å². The van der Waals surface area contributed by atoms with Gasteiger partial charge in [-0.05, 0) is 43.2 Å². The molecule has 2 aromatic rings. The summed E-state index contributed by atoms with van der Waals surface area (Å²) in [6.45, 7) is 5.52. The van der Waals surface area contributed by atoms with E-state index in [1.54, 1.807) is 0 Å². The molecule has 4 nitrogen and oxygen atoms in total. The fraction of sp³-hybridized carbons (Fsp3) is 0.333. The topological polar surface area (TPSA) is 58.2 Å². The van der Waals surface area contributed by atoms with Crippen molar-refractivity contribution in [3.63, 3.8) is 0 Å². The van der Waals surface area contributed by atoms with Gasteiger partial charge in [0.25, 0.3) is 0 Å². The Bertz CT molecular complexity index is 717. The Labute approximate surface area is 159 Å². The van der Waals surface area contributed by atoms with E-state index >= 15 is 0 Å². The van der Waals surface area contributed by atoms with Crippen molar-refractivity contribution in [1.29, 1.82) is 0 Å². The van der Waals surface area contributed by atoms with Crippen molar-refractivity contribution < 1.29 is 9.59 Å². The molecule has 0 aliphatic heterocycles. The molecule has 0 radical (unpaired) electrons. The van der Waals surface area contributed by atoms with Crippen molar-refractivity contribution in [2.75, 3.05) is 5.32 Å². The monoisotopic (exact) mass is 370 g/mol. The first-order valence-corrected chi connectivity index (χ1v) is 9.77. The van der Waals surface area contributed by atoms with Crippen molar-refractivity contribution in [1.82, 2.24) is 5.32 Å². The molecule has 0 unspecified atom stereocenters. The predicted octanol–water partition coefficient (Wildman–Crippen LogP) is 4.78. The summed E-state index contributed by atoms with van der Waals surface area (Å²) >= 11 is 1.51. The highest BCUT2D eigenvalue weighted by Gasteiger charge is 2.19. The Balaban J connectivity index is 1.96. The van der Waals surface area contributed by atoms with E-state index in [0.717, 1.165) is 29.0 Å². The van der Waals surface area contributed by atoms with Crippen molar-refractivity contribution >= 4 is 29.3 Å². The fourth-order valence-corrected chi connectivity index (χ4v) is 3.54. The summed E-state index contributed by atoms with van der Waals surface area (Å²) in [6, 6.07) is 17.7. The molecule has 2 N–H and O–H groups in total. The minimum Gasteiger partial charge on any atom is -0.348 e. The molecule has 0 saturated carbocycles. The van der Waals surface area contributed by atoms with E-state index in [1.165, 1.54) is 18.7 Å². The van der Waals surface area contributed by atoms with Gasteiger partial charge in [-0.3, -0.25) is 9.59 Å². The molecule has 0 heterocycles. The first kappa shape index (κ1) is 20.0. The van der Waals surface area contributed by atoms with Crippen LogP contribution in [0.3, 0.4) is 0 Å². The van der Waals surface area contributed by atoms with Crippen LogP contribution in [0.4, 0.5) is 5.69 Å². The standard InChI is InChI=1S/C21H26N2O2S/c1-4-8-20(17-9-6-5-7-10-17)23-21(25)15(2)26-19-13-11-18(12-14-19)22-16(3)24/h5-7,9-15,20H,4,8H2,1-3H3,(H,22,24)(H,23,25)/t15-,20+/m1/s1. The molecule has 0 bridgehead atoms. The summed E-state index contributed by atoms with van der Waals surface area (Å²) in [4.78, 5) is 24.7. The number of thioether (sulfide) groups is 1. The number of rotatable bonds is 8. The van der Waals surface area contributed by atoms with Gasteiger partial charge in [-0.2, -0.15) is 0 Å². The van der Waals surface area contributed by atoms with Crippen LogP contribution in [0.15, 0.2) is 59.5 Å². The van der Waals surface area contributed by atoms with Gasteiger partial charge in [0, 0.05) is 17.5 Å². The third-order valence-electron chi connectivity index (χ3n) is 3.95. The zero-order chi connectivity index (χ0) is 18.9. The lowest BCUT2D eigenvalue weighted by atomic mass is 10.0. The number of amides is 2. The average Bonchev–Trinajstić information content (AvgIpc) is 2.63. The van der Waals surface area contributed by atoms with Crippen LogP contribution >= 0.6 is 11.8 Å². The van der Waals surface area contributed by atoms with E-state index in [-0.39, 0.29) is 23.1 Å². The maximum atomic E-state index is 12.6. The van der Waals surface area contributed by atoms with E-state index < -0.39 is 0 Å². The Hall–Kier alpha value is -2.27. The number of carbonyl (C=O) groups is 2. The van der Waals surface area contributed by atoms with Crippen LogP contribution in [0.25, 0.3) is 0 Å². The Morgan fingerprint density at radius 1 is 1.04 bits per heavy atom. The molecule has 0 aliphatic rings. The molecular weight excluding hydrogens is 344 g/mol. The second-order valence-corrected chi connectivity index (χ2v) is 7.64. The lowest BCUT2D eigenvalue weighted by Crippen LogP contribution is -2.34. The average molecular weight is 371 g/mol. The van der Waals surface area contributed by atoms with Gasteiger partial charge in [-0.1, -0.05) is 43.7 Å². The number of carbonyl (C=O) groups excluding carboxylic acids is 2. The number of hydrogen-bond donors (Lipinski definition) is 2. The van der Waals surface area contributed by atoms with Crippen LogP contribution < -0.4 is 10.6 Å².